The van der Waals surface area contributed by atoms with Gasteiger partial charge in [0, 0.05) is 67.6 Å². The van der Waals surface area contributed by atoms with Gasteiger partial charge in [0.1, 0.15) is 18.2 Å². The summed E-state index contributed by atoms with van der Waals surface area (Å²) in [6.45, 7) is 3.63. The smallest absolute Gasteiger partial charge is 0.328 e. The van der Waals surface area contributed by atoms with Gasteiger partial charge >= 0.3 is 12.0 Å². The first-order valence-corrected chi connectivity index (χ1v) is 15.3. The molecule has 2 aromatic carbocycles. The fourth-order valence-electron chi connectivity index (χ4n) is 6.54. The van der Waals surface area contributed by atoms with Crippen LogP contribution in [0.1, 0.15) is 30.5 Å². The van der Waals surface area contributed by atoms with Gasteiger partial charge in [0.05, 0.1) is 17.3 Å². The Balaban J connectivity index is 1.30. The summed E-state index contributed by atoms with van der Waals surface area (Å²) in [5, 5.41) is 10.6. The van der Waals surface area contributed by atoms with E-state index in [-0.39, 0.29) is 17.0 Å². The standard InChI is InChI=1S/C32H36ClFN6O4/c1-37-14-4-6-22(37)19-44-32-35-25-18-39(26-7-3-5-20-8-9-24(34)30(33)29(20)26)16-13-23(25)31(36-32)38(2)21-12-15-40(17-21)27(41)10-11-28(42)43/h3,5,7-11,21-22H,4,6,12-19H2,1-2H3,(H,42,43)/b11-10+/t21-,22+/m1/s1. The number of aliphatic carboxylic acids is 1. The zero-order valence-corrected chi connectivity index (χ0v) is 25.6. The van der Waals surface area contributed by atoms with Crippen molar-refractivity contribution in [3.63, 3.8) is 0 Å². The largest absolute Gasteiger partial charge is 0.478 e. The lowest BCUT2D eigenvalue weighted by Gasteiger charge is -2.35. The third kappa shape index (κ3) is 6.03. The Morgan fingerprint density at radius 1 is 1.16 bits per heavy atom. The molecular formula is C32H36ClFN6O4. The summed E-state index contributed by atoms with van der Waals surface area (Å²) in [5.74, 6) is -1.16. The highest BCUT2D eigenvalue weighted by Crippen LogP contribution is 2.38. The Morgan fingerprint density at radius 2 is 2.00 bits per heavy atom. The van der Waals surface area contributed by atoms with E-state index in [1.165, 1.54) is 6.07 Å². The third-order valence-electron chi connectivity index (χ3n) is 9.08. The van der Waals surface area contributed by atoms with E-state index in [2.05, 4.69) is 21.7 Å². The predicted octanol–water partition coefficient (Wildman–Crippen LogP) is 4.14. The molecule has 232 valence electrons. The van der Waals surface area contributed by atoms with Gasteiger partial charge in [-0.3, -0.25) is 4.79 Å². The zero-order valence-electron chi connectivity index (χ0n) is 24.9. The number of rotatable bonds is 8. The molecule has 1 aromatic heterocycles. The number of anilines is 2. The molecule has 6 rings (SSSR count). The van der Waals surface area contributed by atoms with Crippen molar-refractivity contribution in [2.75, 3.05) is 56.7 Å². The monoisotopic (exact) mass is 622 g/mol. The Bertz CT molecular complexity index is 1620. The Kier molecular flexibility index (Phi) is 8.59. The second kappa shape index (κ2) is 12.6. The Morgan fingerprint density at radius 3 is 2.77 bits per heavy atom. The number of fused-ring (bicyclic) bond motifs is 2. The van der Waals surface area contributed by atoms with E-state index in [0.29, 0.717) is 56.6 Å². The molecule has 0 bridgehead atoms. The molecule has 4 heterocycles. The van der Waals surface area contributed by atoms with Gasteiger partial charge in [-0.25, -0.2) is 9.18 Å². The quantitative estimate of drug-likeness (QED) is 0.372. The van der Waals surface area contributed by atoms with Crippen LogP contribution in [0.15, 0.2) is 42.5 Å². The molecule has 2 fully saturated rings. The molecule has 12 heteroatoms. The number of hydrogen-bond donors (Lipinski definition) is 1. The second-order valence-corrected chi connectivity index (χ2v) is 12.1. The van der Waals surface area contributed by atoms with E-state index in [4.69, 9.17) is 31.4 Å². The highest BCUT2D eigenvalue weighted by atomic mass is 35.5. The maximum atomic E-state index is 14.5. The summed E-state index contributed by atoms with van der Waals surface area (Å²) in [6, 6.07) is 9.57. The molecule has 0 saturated carbocycles. The van der Waals surface area contributed by atoms with Crippen molar-refractivity contribution >= 4 is 45.8 Å². The summed E-state index contributed by atoms with van der Waals surface area (Å²) in [6.07, 6.45) is 5.53. The number of carboxylic acids is 1. The minimum Gasteiger partial charge on any atom is -0.478 e. The summed E-state index contributed by atoms with van der Waals surface area (Å²) in [5.41, 5.74) is 2.70. The SMILES string of the molecule is CN1CCC[C@H]1COc1nc2c(c(N(C)[C@@H]3CCN(C(=O)/C=C/C(=O)O)C3)n1)CCN(c1cccc3ccc(F)c(Cl)c13)C2. The maximum Gasteiger partial charge on any atom is 0.328 e. The minimum absolute atomic E-state index is 0.0112. The maximum absolute atomic E-state index is 14.5. The first-order valence-electron chi connectivity index (χ1n) is 15.0. The van der Waals surface area contributed by atoms with Gasteiger partial charge in [-0.2, -0.15) is 9.97 Å². The number of amides is 1. The molecular weight excluding hydrogens is 587 g/mol. The fraction of sp³-hybridized carbons (Fsp3) is 0.438. The topological polar surface area (TPSA) is 102 Å². The van der Waals surface area contributed by atoms with Crippen molar-refractivity contribution in [2.45, 2.75) is 44.3 Å². The number of carboxylic acid groups (broad SMARTS) is 1. The van der Waals surface area contributed by atoms with Gasteiger partial charge in [0.15, 0.2) is 0 Å². The average molecular weight is 623 g/mol. The Labute approximate surface area is 260 Å². The Hall–Kier alpha value is -3.96. The van der Waals surface area contributed by atoms with E-state index in [9.17, 15) is 14.0 Å². The fourth-order valence-corrected chi connectivity index (χ4v) is 6.81. The first kappa shape index (κ1) is 30.1. The van der Waals surface area contributed by atoms with Gasteiger partial charge < -0.3 is 29.4 Å². The van der Waals surface area contributed by atoms with Crippen molar-refractivity contribution in [2.24, 2.45) is 0 Å². The molecule has 1 N–H and O–H groups in total. The van der Waals surface area contributed by atoms with Crippen LogP contribution in [0.3, 0.4) is 0 Å². The lowest BCUT2D eigenvalue weighted by atomic mass is 10.0. The summed E-state index contributed by atoms with van der Waals surface area (Å²) in [7, 11) is 4.07. The van der Waals surface area contributed by atoms with E-state index >= 15 is 0 Å². The number of nitrogens with zero attached hydrogens (tertiary/aromatic N) is 6. The number of likely N-dealkylation sites (N-methyl/N-ethyl adjacent to an activating group) is 2. The number of carbonyl (C=O) groups is 2. The first-order chi connectivity index (χ1) is 21.2. The van der Waals surface area contributed by atoms with Crippen LogP contribution in [0.25, 0.3) is 10.8 Å². The van der Waals surface area contributed by atoms with Gasteiger partial charge in [-0.15, -0.1) is 0 Å². The molecule has 0 aliphatic carbocycles. The van der Waals surface area contributed by atoms with Gasteiger partial charge in [-0.1, -0.05) is 29.8 Å². The highest BCUT2D eigenvalue weighted by molar-refractivity contribution is 6.36. The van der Waals surface area contributed by atoms with Crippen molar-refractivity contribution in [1.29, 1.82) is 0 Å². The molecule has 0 unspecified atom stereocenters. The number of likely N-dealkylation sites (tertiary alicyclic amines) is 2. The lowest BCUT2D eigenvalue weighted by molar-refractivity contribution is -0.132. The van der Waals surface area contributed by atoms with Crippen molar-refractivity contribution < 1.29 is 23.8 Å². The number of halogens is 2. The average Bonchev–Trinajstić information content (AvgIpc) is 3.68. The van der Waals surface area contributed by atoms with Crippen molar-refractivity contribution in [3.05, 3.63) is 64.6 Å². The summed E-state index contributed by atoms with van der Waals surface area (Å²) < 4.78 is 20.8. The lowest BCUT2D eigenvalue weighted by Crippen LogP contribution is -2.39. The number of aromatic nitrogens is 2. The van der Waals surface area contributed by atoms with Gasteiger partial charge in [-0.05, 0) is 56.8 Å². The van der Waals surface area contributed by atoms with E-state index in [1.54, 1.807) is 11.0 Å². The van der Waals surface area contributed by atoms with E-state index < -0.39 is 11.8 Å². The number of carbonyl (C=O) groups excluding carboxylic acids is 1. The second-order valence-electron chi connectivity index (χ2n) is 11.8. The molecule has 1 amide bonds. The molecule has 0 spiro atoms. The van der Waals surface area contributed by atoms with Crippen LogP contribution in [0.2, 0.25) is 5.02 Å². The van der Waals surface area contributed by atoms with Crippen molar-refractivity contribution in [3.8, 4) is 6.01 Å². The van der Waals surface area contributed by atoms with Crippen molar-refractivity contribution in [1.82, 2.24) is 19.8 Å². The van der Waals surface area contributed by atoms with Crippen LogP contribution >= 0.6 is 11.6 Å². The van der Waals surface area contributed by atoms with Gasteiger partial charge in [0.25, 0.3) is 0 Å². The van der Waals surface area contributed by atoms with E-state index in [0.717, 1.165) is 66.1 Å². The zero-order chi connectivity index (χ0) is 31.0. The molecule has 3 aliphatic heterocycles. The molecule has 2 atom stereocenters. The normalized spacial score (nSPS) is 20.5. The molecule has 3 aliphatic rings. The van der Waals surface area contributed by atoms with Crippen LogP contribution in [0.4, 0.5) is 15.9 Å². The number of ether oxygens (including phenoxy) is 1. The third-order valence-corrected chi connectivity index (χ3v) is 9.45. The predicted molar refractivity (Wildman–Crippen MR) is 167 cm³/mol. The summed E-state index contributed by atoms with van der Waals surface area (Å²) >= 11 is 6.48. The molecule has 2 saturated heterocycles. The van der Waals surface area contributed by atoms with Crippen LogP contribution in [-0.2, 0) is 22.6 Å². The number of benzene rings is 2. The highest BCUT2D eigenvalue weighted by Gasteiger charge is 2.33. The molecule has 10 nitrogen and oxygen atoms in total. The number of hydrogen-bond acceptors (Lipinski definition) is 8. The van der Waals surface area contributed by atoms with Crippen LogP contribution < -0.4 is 14.5 Å². The molecule has 44 heavy (non-hydrogen) atoms. The van der Waals surface area contributed by atoms with Crippen LogP contribution in [0, 0.1) is 5.82 Å². The summed E-state index contributed by atoms with van der Waals surface area (Å²) in [4.78, 5) is 41.5. The van der Waals surface area contributed by atoms with Gasteiger partial charge in [0.2, 0.25) is 5.91 Å². The molecule has 3 aromatic rings. The minimum atomic E-state index is -1.15. The van der Waals surface area contributed by atoms with Crippen LogP contribution in [0.5, 0.6) is 6.01 Å². The van der Waals surface area contributed by atoms with Crippen LogP contribution in [-0.4, -0.2) is 95.7 Å². The molecule has 0 radical (unpaired) electrons. The van der Waals surface area contributed by atoms with E-state index in [1.807, 2.05) is 25.2 Å².